The lowest BCUT2D eigenvalue weighted by Gasteiger charge is -2.36. The Morgan fingerprint density at radius 2 is 2.33 bits per heavy atom. The number of amides is 2. The lowest BCUT2D eigenvalue weighted by molar-refractivity contribution is -0.143. The van der Waals surface area contributed by atoms with E-state index in [1.165, 1.54) is 0 Å². The molecule has 3 heterocycles. The van der Waals surface area contributed by atoms with Crippen LogP contribution in [-0.2, 0) is 22.7 Å². The molecule has 6 nitrogen and oxygen atoms in total. The fourth-order valence-electron chi connectivity index (χ4n) is 3.08. The summed E-state index contributed by atoms with van der Waals surface area (Å²) in [4.78, 5) is 32.2. The number of piperidine rings is 1. The van der Waals surface area contributed by atoms with E-state index in [4.69, 9.17) is 0 Å². The average molecular weight is 288 g/mol. The van der Waals surface area contributed by atoms with E-state index in [0.29, 0.717) is 39.0 Å². The molecule has 3 rings (SSSR count). The SMILES string of the molecule is C=CCN1CC(C(=O)N2CCn3cncc3C2)CCC1=O. The molecule has 0 spiro atoms. The number of fused-ring (bicyclic) bond motifs is 1. The maximum absolute atomic E-state index is 12.7. The van der Waals surface area contributed by atoms with Crippen LogP contribution < -0.4 is 0 Å². The zero-order valence-electron chi connectivity index (χ0n) is 12.1. The second-order valence-electron chi connectivity index (χ2n) is 5.66. The highest BCUT2D eigenvalue weighted by Crippen LogP contribution is 2.22. The molecule has 2 aliphatic heterocycles. The Hall–Kier alpha value is -2.11. The zero-order valence-corrected chi connectivity index (χ0v) is 12.1. The first-order chi connectivity index (χ1) is 10.2. The van der Waals surface area contributed by atoms with Crippen LogP contribution in [0.4, 0.5) is 0 Å². The number of likely N-dealkylation sites (tertiary alicyclic amines) is 1. The molecule has 1 fully saturated rings. The van der Waals surface area contributed by atoms with E-state index in [0.717, 1.165) is 12.2 Å². The topological polar surface area (TPSA) is 58.4 Å². The van der Waals surface area contributed by atoms with Crippen LogP contribution in [0.15, 0.2) is 25.2 Å². The number of aromatic nitrogens is 2. The van der Waals surface area contributed by atoms with Gasteiger partial charge in [0.05, 0.1) is 24.5 Å². The number of carbonyl (C=O) groups is 2. The molecule has 0 N–H and O–H groups in total. The summed E-state index contributed by atoms with van der Waals surface area (Å²) in [6.45, 7) is 6.83. The molecule has 0 saturated carbocycles. The van der Waals surface area contributed by atoms with Gasteiger partial charge in [0.1, 0.15) is 0 Å². The van der Waals surface area contributed by atoms with Gasteiger partial charge in [-0.2, -0.15) is 0 Å². The van der Waals surface area contributed by atoms with Crippen molar-refractivity contribution in [3.63, 3.8) is 0 Å². The van der Waals surface area contributed by atoms with Crippen molar-refractivity contribution in [1.29, 1.82) is 0 Å². The van der Waals surface area contributed by atoms with Crippen LogP contribution in [0.25, 0.3) is 0 Å². The maximum Gasteiger partial charge on any atom is 0.227 e. The molecular formula is C15H20N4O2. The summed E-state index contributed by atoms with van der Waals surface area (Å²) >= 11 is 0. The molecule has 1 saturated heterocycles. The molecule has 21 heavy (non-hydrogen) atoms. The normalized spacial score (nSPS) is 22.1. The first-order valence-corrected chi connectivity index (χ1v) is 7.35. The van der Waals surface area contributed by atoms with Crippen LogP contribution in [-0.4, -0.2) is 50.8 Å². The second kappa shape index (κ2) is 5.71. The van der Waals surface area contributed by atoms with Crippen molar-refractivity contribution in [2.45, 2.75) is 25.9 Å². The van der Waals surface area contributed by atoms with E-state index >= 15 is 0 Å². The van der Waals surface area contributed by atoms with Crippen LogP contribution in [0.2, 0.25) is 0 Å². The van der Waals surface area contributed by atoms with E-state index in [1.807, 2.05) is 17.4 Å². The molecule has 0 bridgehead atoms. The highest BCUT2D eigenvalue weighted by atomic mass is 16.2. The van der Waals surface area contributed by atoms with Gasteiger partial charge in [0.2, 0.25) is 11.8 Å². The van der Waals surface area contributed by atoms with Gasteiger partial charge in [-0.3, -0.25) is 9.59 Å². The predicted molar refractivity (Wildman–Crippen MR) is 77.1 cm³/mol. The van der Waals surface area contributed by atoms with Crippen LogP contribution in [0.5, 0.6) is 0 Å². The monoisotopic (exact) mass is 288 g/mol. The Bertz CT molecular complexity index is 566. The number of hydrogen-bond donors (Lipinski definition) is 0. The molecule has 0 aromatic carbocycles. The molecule has 0 radical (unpaired) electrons. The number of nitrogens with zero attached hydrogens (tertiary/aromatic N) is 4. The number of rotatable bonds is 3. The smallest absolute Gasteiger partial charge is 0.227 e. The summed E-state index contributed by atoms with van der Waals surface area (Å²) < 4.78 is 2.08. The molecule has 1 atom stereocenters. The first-order valence-electron chi connectivity index (χ1n) is 7.35. The van der Waals surface area contributed by atoms with Gasteiger partial charge in [-0.15, -0.1) is 6.58 Å². The van der Waals surface area contributed by atoms with Gasteiger partial charge < -0.3 is 14.4 Å². The van der Waals surface area contributed by atoms with Gasteiger partial charge >= 0.3 is 0 Å². The van der Waals surface area contributed by atoms with E-state index in [-0.39, 0.29) is 17.7 Å². The lowest BCUT2D eigenvalue weighted by Crippen LogP contribution is -2.48. The highest BCUT2D eigenvalue weighted by molar-refractivity contribution is 5.84. The average Bonchev–Trinajstić information content (AvgIpc) is 2.96. The largest absolute Gasteiger partial charge is 0.338 e. The van der Waals surface area contributed by atoms with Crippen LogP contribution in [0.1, 0.15) is 18.5 Å². The van der Waals surface area contributed by atoms with Crippen molar-refractivity contribution < 1.29 is 9.59 Å². The Morgan fingerprint density at radius 1 is 1.48 bits per heavy atom. The zero-order chi connectivity index (χ0) is 14.8. The summed E-state index contributed by atoms with van der Waals surface area (Å²) in [6.07, 6.45) is 6.44. The lowest BCUT2D eigenvalue weighted by atomic mass is 9.95. The van der Waals surface area contributed by atoms with Gasteiger partial charge in [-0.1, -0.05) is 6.08 Å². The molecular weight excluding hydrogens is 268 g/mol. The van der Waals surface area contributed by atoms with Gasteiger partial charge in [-0.25, -0.2) is 4.98 Å². The fourth-order valence-corrected chi connectivity index (χ4v) is 3.08. The van der Waals surface area contributed by atoms with Gasteiger partial charge in [0.15, 0.2) is 0 Å². The third-order valence-electron chi connectivity index (χ3n) is 4.27. The molecule has 6 heteroatoms. The Labute approximate surface area is 124 Å². The van der Waals surface area contributed by atoms with Gasteiger partial charge in [0, 0.05) is 38.8 Å². The summed E-state index contributed by atoms with van der Waals surface area (Å²) in [6, 6.07) is 0. The highest BCUT2D eigenvalue weighted by Gasteiger charge is 2.33. The molecule has 2 amide bonds. The van der Waals surface area contributed by atoms with E-state index in [2.05, 4.69) is 16.1 Å². The van der Waals surface area contributed by atoms with E-state index in [1.54, 1.807) is 11.0 Å². The molecule has 2 aliphatic rings. The third-order valence-corrected chi connectivity index (χ3v) is 4.27. The minimum atomic E-state index is -0.0860. The Morgan fingerprint density at radius 3 is 3.14 bits per heavy atom. The number of imidazole rings is 1. The molecule has 1 aromatic heterocycles. The van der Waals surface area contributed by atoms with Crippen molar-refractivity contribution in [2.24, 2.45) is 5.92 Å². The summed E-state index contributed by atoms with van der Waals surface area (Å²) in [5, 5.41) is 0. The summed E-state index contributed by atoms with van der Waals surface area (Å²) in [5.74, 6) is 0.191. The van der Waals surface area contributed by atoms with Crippen molar-refractivity contribution in [2.75, 3.05) is 19.6 Å². The van der Waals surface area contributed by atoms with Crippen molar-refractivity contribution in [3.8, 4) is 0 Å². The number of hydrogen-bond acceptors (Lipinski definition) is 3. The maximum atomic E-state index is 12.7. The quantitative estimate of drug-likeness (QED) is 0.767. The minimum absolute atomic E-state index is 0.0860. The second-order valence-corrected chi connectivity index (χ2v) is 5.66. The Balaban J connectivity index is 1.66. The fraction of sp³-hybridized carbons (Fsp3) is 0.533. The van der Waals surface area contributed by atoms with Crippen LogP contribution >= 0.6 is 0 Å². The first kappa shape index (κ1) is 13.9. The van der Waals surface area contributed by atoms with E-state index < -0.39 is 0 Å². The molecule has 1 aromatic rings. The van der Waals surface area contributed by atoms with E-state index in [9.17, 15) is 9.59 Å². The van der Waals surface area contributed by atoms with Crippen molar-refractivity contribution in [3.05, 3.63) is 30.9 Å². The minimum Gasteiger partial charge on any atom is -0.338 e. The molecule has 0 aliphatic carbocycles. The number of carbonyl (C=O) groups excluding carboxylic acids is 2. The van der Waals surface area contributed by atoms with Gasteiger partial charge in [0.25, 0.3) is 0 Å². The summed E-state index contributed by atoms with van der Waals surface area (Å²) in [7, 11) is 0. The standard InChI is InChI=1S/C15H20N4O2/c1-2-5-17-9-12(3-4-14(17)20)15(21)18-6-7-19-11-16-8-13(19)10-18/h2,8,11-12H,1,3-7,9-10H2. The van der Waals surface area contributed by atoms with Crippen LogP contribution in [0.3, 0.4) is 0 Å². The Kier molecular flexibility index (Phi) is 3.77. The van der Waals surface area contributed by atoms with Gasteiger partial charge in [-0.05, 0) is 6.42 Å². The van der Waals surface area contributed by atoms with Crippen LogP contribution in [0, 0.1) is 5.92 Å². The molecule has 112 valence electrons. The van der Waals surface area contributed by atoms with Crippen molar-refractivity contribution >= 4 is 11.8 Å². The molecule has 1 unspecified atom stereocenters. The van der Waals surface area contributed by atoms with Crippen molar-refractivity contribution in [1.82, 2.24) is 19.4 Å². The predicted octanol–water partition coefficient (Wildman–Crippen LogP) is 0.650. The third kappa shape index (κ3) is 2.70. The summed E-state index contributed by atoms with van der Waals surface area (Å²) in [5.41, 5.74) is 1.07.